The molecule has 1 aromatic heterocycles. The molecule has 0 unspecified atom stereocenters. The van der Waals surface area contributed by atoms with E-state index in [1.807, 2.05) is 31.2 Å². The smallest absolute Gasteiger partial charge is 0.250 e. The van der Waals surface area contributed by atoms with E-state index in [9.17, 15) is 17.6 Å². The summed E-state index contributed by atoms with van der Waals surface area (Å²) < 4.78 is 39.9. The van der Waals surface area contributed by atoms with Gasteiger partial charge in [-0.2, -0.15) is 0 Å². The molecule has 0 fully saturated rings. The van der Waals surface area contributed by atoms with E-state index >= 15 is 0 Å². The Balaban J connectivity index is 1.87. The van der Waals surface area contributed by atoms with Crippen molar-refractivity contribution in [3.8, 4) is 10.6 Å². The maximum absolute atomic E-state index is 14.3. The normalized spacial score (nSPS) is 12.4. The number of anilines is 2. The molecule has 0 spiro atoms. The molecule has 158 valence electrons. The van der Waals surface area contributed by atoms with Gasteiger partial charge in [0.25, 0.3) is 0 Å². The third-order valence-electron chi connectivity index (χ3n) is 4.37. The van der Waals surface area contributed by atoms with E-state index in [0.717, 1.165) is 27.8 Å². The van der Waals surface area contributed by atoms with Crippen LogP contribution in [0.4, 0.5) is 15.2 Å². The number of carbonyl (C=O) groups excluding carboxylic acids is 1. The fourth-order valence-electron chi connectivity index (χ4n) is 2.94. The first-order chi connectivity index (χ1) is 14.2. The van der Waals surface area contributed by atoms with Crippen LogP contribution in [0.3, 0.4) is 0 Å². The lowest BCUT2D eigenvalue weighted by Gasteiger charge is -2.29. The highest BCUT2D eigenvalue weighted by Gasteiger charge is 2.33. The van der Waals surface area contributed by atoms with Crippen LogP contribution in [0.5, 0.6) is 0 Å². The van der Waals surface area contributed by atoms with Crippen LogP contribution < -0.4 is 9.62 Å². The molecule has 1 amide bonds. The van der Waals surface area contributed by atoms with Crippen molar-refractivity contribution >= 4 is 38.1 Å². The summed E-state index contributed by atoms with van der Waals surface area (Å²) in [5, 5.41) is 11.5. The fourth-order valence-corrected chi connectivity index (χ4v) is 4.91. The molecular formula is C20H21FN4O3S2. The topological polar surface area (TPSA) is 92.3 Å². The van der Waals surface area contributed by atoms with E-state index in [0.29, 0.717) is 5.01 Å². The van der Waals surface area contributed by atoms with Crippen LogP contribution in [0.15, 0.2) is 48.5 Å². The van der Waals surface area contributed by atoms with Crippen molar-refractivity contribution < 1.29 is 17.6 Å². The van der Waals surface area contributed by atoms with E-state index in [-0.39, 0.29) is 17.2 Å². The SMILES string of the molecule is CC[C@H](C(=O)Nc1nnc(-c2ccc(C)cc2)s1)N(c1ccccc1F)S(C)(=O)=O. The van der Waals surface area contributed by atoms with Gasteiger partial charge in [-0.1, -0.05) is 60.2 Å². The van der Waals surface area contributed by atoms with Crippen molar-refractivity contribution in [2.45, 2.75) is 26.3 Å². The number of hydrogen-bond donors (Lipinski definition) is 1. The summed E-state index contributed by atoms with van der Waals surface area (Å²) in [7, 11) is -3.93. The molecule has 0 saturated heterocycles. The summed E-state index contributed by atoms with van der Waals surface area (Å²) in [6.45, 7) is 3.63. The Morgan fingerprint density at radius 1 is 1.17 bits per heavy atom. The number of nitrogens with one attached hydrogen (secondary N) is 1. The molecule has 1 atom stereocenters. The highest BCUT2D eigenvalue weighted by Crippen LogP contribution is 2.29. The number of sulfonamides is 1. The third-order valence-corrected chi connectivity index (χ3v) is 6.43. The summed E-state index contributed by atoms with van der Waals surface area (Å²) in [4.78, 5) is 12.9. The first kappa shape index (κ1) is 21.8. The van der Waals surface area contributed by atoms with Gasteiger partial charge >= 0.3 is 0 Å². The molecule has 7 nitrogen and oxygen atoms in total. The maximum Gasteiger partial charge on any atom is 0.250 e. The lowest BCUT2D eigenvalue weighted by molar-refractivity contribution is -0.117. The number of nitrogens with zero attached hydrogens (tertiary/aromatic N) is 3. The van der Waals surface area contributed by atoms with Crippen LogP contribution in [0, 0.1) is 12.7 Å². The minimum atomic E-state index is -3.93. The van der Waals surface area contributed by atoms with E-state index in [1.165, 1.54) is 29.5 Å². The molecule has 2 aromatic carbocycles. The Morgan fingerprint density at radius 3 is 2.43 bits per heavy atom. The minimum Gasteiger partial charge on any atom is -0.299 e. The molecule has 0 bridgehead atoms. The number of aryl methyl sites for hydroxylation is 1. The van der Waals surface area contributed by atoms with E-state index in [4.69, 9.17) is 0 Å². The fraction of sp³-hybridized carbons (Fsp3) is 0.250. The average molecular weight is 449 g/mol. The van der Waals surface area contributed by atoms with E-state index in [2.05, 4.69) is 15.5 Å². The van der Waals surface area contributed by atoms with Gasteiger partial charge < -0.3 is 0 Å². The predicted octanol–water partition coefficient (Wildman–Crippen LogP) is 3.84. The van der Waals surface area contributed by atoms with Gasteiger partial charge in [0.2, 0.25) is 21.1 Å². The van der Waals surface area contributed by atoms with Crippen molar-refractivity contribution in [1.82, 2.24) is 10.2 Å². The quantitative estimate of drug-likeness (QED) is 0.593. The van der Waals surface area contributed by atoms with Crippen molar-refractivity contribution in [1.29, 1.82) is 0 Å². The van der Waals surface area contributed by atoms with Crippen LogP contribution in [0.2, 0.25) is 0 Å². The molecule has 3 rings (SSSR count). The lowest BCUT2D eigenvalue weighted by Crippen LogP contribution is -2.47. The van der Waals surface area contributed by atoms with Gasteiger partial charge in [0.05, 0.1) is 11.9 Å². The van der Waals surface area contributed by atoms with Gasteiger partial charge in [0, 0.05) is 5.56 Å². The number of halogens is 1. The Hall–Kier alpha value is -2.85. The summed E-state index contributed by atoms with van der Waals surface area (Å²) >= 11 is 1.17. The second-order valence-electron chi connectivity index (χ2n) is 6.70. The zero-order valence-electron chi connectivity index (χ0n) is 16.7. The van der Waals surface area contributed by atoms with E-state index in [1.54, 1.807) is 6.92 Å². The molecule has 3 aromatic rings. The molecule has 30 heavy (non-hydrogen) atoms. The highest BCUT2D eigenvalue weighted by atomic mass is 32.2. The molecule has 0 aliphatic rings. The Bertz CT molecular complexity index is 1150. The maximum atomic E-state index is 14.3. The van der Waals surface area contributed by atoms with Crippen LogP contribution in [-0.4, -0.2) is 36.8 Å². The average Bonchev–Trinajstić information content (AvgIpc) is 3.14. The number of amides is 1. The van der Waals surface area contributed by atoms with Gasteiger partial charge in [-0.3, -0.25) is 14.4 Å². The standard InChI is InChI=1S/C20H21FN4O3S2/c1-4-16(25(30(3,27)28)17-8-6-5-7-15(17)21)18(26)22-20-24-23-19(29-20)14-11-9-13(2)10-12-14/h5-12,16H,4H2,1-3H3,(H,22,24,26)/t16-/m1/s1. The first-order valence-corrected chi connectivity index (χ1v) is 11.8. The van der Waals surface area contributed by atoms with Gasteiger partial charge in [0.1, 0.15) is 16.9 Å². The summed E-state index contributed by atoms with van der Waals surface area (Å²) in [5.74, 6) is -1.34. The second-order valence-corrected chi connectivity index (χ2v) is 9.54. The Labute approximate surface area is 178 Å². The van der Waals surface area contributed by atoms with Crippen LogP contribution in [0.25, 0.3) is 10.6 Å². The van der Waals surface area contributed by atoms with Crippen molar-refractivity contribution in [3.05, 3.63) is 59.9 Å². The first-order valence-electron chi connectivity index (χ1n) is 9.16. The van der Waals surface area contributed by atoms with Crippen LogP contribution >= 0.6 is 11.3 Å². The molecule has 0 saturated carbocycles. The minimum absolute atomic E-state index is 0.136. The number of carbonyl (C=O) groups is 1. The molecule has 0 radical (unpaired) electrons. The van der Waals surface area contributed by atoms with Crippen LogP contribution in [-0.2, 0) is 14.8 Å². The van der Waals surface area contributed by atoms with Crippen molar-refractivity contribution in [3.63, 3.8) is 0 Å². The van der Waals surface area contributed by atoms with Gasteiger partial charge in [-0.15, -0.1) is 10.2 Å². The number of hydrogen-bond acceptors (Lipinski definition) is 6. The van der Waals surface area contributed by atoms with Gasteiger partial charge in [0.15, 0.2) is 0 Å². The zero-order valence-corrected chi connectivity index (χ0v) is 18.3. The number of aromatic nitrogens is 2. The molecule has 10 heteroatoms. The van der Waals surface area contributed by atoms with E-state index < -0.39 is 27.8 Å². The number of rotatable bonds is 7. The Kier molecular flexibility index (Phi) is 6.47. The summed E-state index contributed by atoms with van der Waals surface area (Å²) in [6, 6.07) is 12.0. The molecule has 0 aliphatic heterocycles. The number of benzene rings is 2. The highest BCUT2D eigenvalue weighted by molar-refractivity contribution is 7.92. The second kappa shape index (κ2) is 8.88. The van der Waals surface area contributed by atoms with Crippen LogP contribution in [0.1, 0.15) is 18.9 Å². The lowest BCUT2D eigenvalue weighted by atomic mass is 10.2. The third kappa shape index (κ3) is 4.82. The molecule has 0 aliphatic carbocycles. The number of para-hydroxylation sites is 1. The predicted molar refractivity (Wildman–Crippen MR) is 117 cm³/mol. The molecule has 1 heterocycles. The van der Waals surface area contributed by atoms with Gasteiger partial charge in [-0.05, 0) is 25.5 Å². The Morgan fingerprint density at radius 2 is 1.83 bits per heavy atom. The summed E-state index contributed by atoms with van der Waals surface area (Å²) in [6.07, 6.45) is 1.08. The van der Waals surface area contributed by atoms with Gasteiger partial charge in [-0.25, -0.2) is 12.8 Å². The summed E-state index contributed by atoms with van der Waals surface area (Å²) in [5.41, 5.74) is 1.78. The zero-order chi connectivity index (χ0) is 21.9. The monoisotopic (exact) mass is 448 g/mol. The largest absolute Gasteiger partial charge is 0.299 e. The van der Waals surface area contributed by atoms with Crippen molar-refractivity contribution in [2.24, 2.45) is 0 Å². The molecule has 1 N–H and O–H groups in total. The van der Waals surface area contributed by atoms with Crippen molar-refractivity contribution in [2.75, 3.05) is 15.9 Å². The molecular weight excluding hydrogens is 427 g/mol.